The van der Waals surface area contributed by atoms with Gasteiger partial charge in [0.05, 0.1) is 12.7 Å². The number of hydrogen-bond donors (Lipinski definition) is 3. The van der Waals surface area contributed by atoms with Crippen LogP contribution in [0.4, 0.5) is 0 Å². The van der Waals surface area contributed by atoms with Crippen molar-refractivity contribution in [1.29, 1.82) is 0 Å². The number of nitrogens with one attached hydrogen (secondary N) is 1. The molecule has 0 radical (unpaired) electrons. The van der Waals surface area contributed by atoms with E-state index in [0.717, 1.165) is 4.57 Å². The molecule has 1 aromatic heterocycles. The molecule has 98 valence electrons. The number of nitrogens with zero attached hydrogens (tertiary/aromatic N) is 1. The quantitative estimate of drug-likeness (QED) is 0.540. The Kier molecular flexibility index (Phi) is 4.85. The first kappa shape index (κ1) is 14.2. The third kappa shape index (κ3) is 3.30. The summed E-state index contributed by atoms with van der Waals surface area (Å²) in [6.07, 6.45) is 4.56. The van der Waals surface area contributed by atoms with E-state index in [9.17, 15) is 14.7 Å². The van der Waals surface area contributed by atoms with E-state index in [1.54, 1.807) is 0 Å². The van der Waals surface area contributed by atoms with Crippen molar-refractivity contribution in [2.45, 2.75) is 25.9 Å². The number of H-pyrrole nitrogens is 1. The Labute approximate surface area is 103 Å². The van der Waals surface area contributed by atoms with Crippen molar-refractivity contribution >= 4 is 0 Å². The maximum absolute atomic E-state index is 11.4. The molecule has 7 heteroatoms. The van der Waals surface area contributed by atoms with E-state index in [4.69, 9.17) is 16.3 Å². The Morgan fingerprint density at radius 2 is 2.28 bits per heavy atom. The molecule has 0 aliphatic carbocycles. The van der Waals surface area contributed by atoms with E-state index in [-0.39, 0.29) is 12.3 Å². The lowest BCUT2D eigenvalue weighted by molar-refractivity contribution is -0.0824. The predicted octanol–water partition coefficient (Wildman–Crippen LogP) is -1.77. The van der Waals surface area contributed by atoms with Crippen LogP contribution in [-0.2, 0) is 11.5 Å². The molecule has 2 atom stereocenters. The van der Waals surface area contributed by atoms with Crippen molar-refractivity contribution in [1.82, 2.24) is 9.55 Å². The number of rotatable bonds is 5. The smallest absolute Gasteiger partial charge is 0.330 e. The van der Waals surface area contributed by atoms with Gasteiger partial charge in [-0.25, -0.2) is 4.79 Å². The molecule has 0 aliphatic rings. The van der Waals surface area contributed by atoms with Crippen LogP contribution < -0.4 is 11.2 Å². The standard InChI is InChI=1S/C11H14N2O5/c1-3-8-4-13(11(17)12-10(8)16)6-18-9(5-14)7(2)15/h1,4,7,9,14-15H,5-6H2,2H3,(H,12,16,17)/t7?,9-/m1/s1. The fourth-order valence-corrected chi connectivity index (χ4v) is 1.23. The normalized spacial score (nSPS) is 13.9. The van der Waals surface area contributed by atoms with E-state index >= 15 is 0 Å². The van der Waals surface area contributed by atoms with Gasteiger partial charge in [-0.15, -0.1) is 6.42 Å². The van der Waals surface area contributed by atoms with Gasteiger partial charge in [0.2, 0.25) is 0 Å². The fraction of sp³-hybridized carbons (Fsp3) is 0.455. The molecule has 1 rings (SSSR count). The summed E-state index contributed by atoms with van der Waals surface area (Å²) in [7, 11) is 0. The van der Waals surface area contributed by atoms with Gasteiger partial charge in [0.25, 0.3) is 5.56 Å². The molecule has 0 saturated heterocycles. The molecule has 1 aromatic rings. The minimum absolute atomic E-state index is 0.00389. The molecular weight excluding hydrogens is 240 g/mol. The fourth-order valence-electron chi connectivity index (χ4n) is 1.23. The first-order valence-electron chi connectivity index (χ1n) is 5.20. The number of aliphatic hydroxyl groups is 2. The maximum atomic E-state index is 11.4. The Morgan fingerprint density at radius 1 is 1.61 bits per heavy atom. The first-order valence-corrected chi connectivity index (χ1v) is 5.20. The van der Waals surface area contributed by atoms with Crippen molar-refractivity contribution in [3.8, 4) is 12.3 Å². The molecule has 7 nitrogen and oxygen atoms in total. The van der Waals surface area contributed by atoms with E-state index < -0.39 is 30.1 Å². The van der Waals surface area contributed by atoms with Crippen LogP contribution in [0.2, 0.25) is 0 Å². The lowest BCUT2D eigenvalue weighted by Gasteiger charge is -2.18. The van der Waals surface area contributed by atoms with E-state index in [2.05, 4.69) is 5.92 Å². The zero-order valence-electron chi connectivity index (χ0n) is 9.79. The topological polar surface area (TPSA) is 105 Å². The van der Waals surface area contributed by atoms with E-state index in [1.165, 1.54) is 13.1 Å². The van der Waals surface area contributed by atoms with Crippen LogP contribution >= 0.6 is 0 Å². The van der Waals surface area contributed by atoms with Crippen molar-refractivity contribution in [2.75, 3.05) is 6.61 Å². The number of terminal acetylenes is 1. The number of hydrogen-bond acceptors (Lipinski definition) is 5. The predicted molar refractivity (Wildman–Crippen MR) is 62.9 cm³/mol. The zero-order valence-corrected chi connectivity index (χ0v) is 9.79. The number of aromatic nitrogens is 2. The molecule has 0 bridgehead atoms. The second-order valence-electron chi connectivity index (χ2n) is 3.67. The van der Waals surface area contributed by atoms with Gasteiger partial charge in [-0.1, -0.05) is 5.92 Å². The molecule has 1 unspecified atom stereocenters. The van der Waals surface area contributed by atoms with Gasteiger partial charge < -0.3 is 14.9 Å². The van der Waals surface area contributed by atoms with E-state index in [1.807, 2.05) is 4.98 Å². The number of aliphatic hydroxyl groups excluding tert-OH is 2. The summed E-state index contributed by atoms with van der Waals surface area (Å²) in [6, 6.07) is 0. The summed E-state index contributed by atoms with van der Waals surface area (Å²) in [5, 5.41) is 18.2. The van der Waals surface area contributed by atoms with Gasteiger partial charge in [-0.2, -0.15) is 0 Å². The molecule has 0 aliphatic heterocycles. The molecule has 3 N–H and O–H groups in total. The summed E-state index contributed by atoms with van der Waals surface area (Å²) < 4.78 is 6.17. The minimum atomic E-state index is -0.888. The summed E-state index contributed by atoms with van der Waals surface area (Å²) in [5.41, 5.74) is -1.33. The lowest BCUT2D eigenvalue weighted by Crippen LogP contribution is -2.35. The number of aromatic amines is 1. The van der Waals surface area contributed by atoms with Crippen LogP contribution in [0.5, 0.6) is 0 Å². The summed E-state index contributed by atoms with van der Waals surface area (Å²) >= 11 is 0. The Balaban J connectivity index is 2.89. The van der Waals surface area contributed by atoms with Gasteiger partial charge in [0.1, 0.15) is 18.4 Å². The van der Waals surface area contributed by atoms with Crippen molar-refractivity contribution in [3.63, 3.8) is 0 Å². The lowest BCUT2D eigenvalue weighted by atomic mass is 10.2. The third-order valence-corrected chi connectivity index (χ3v) is 2.31. The minimum Gasteiger partial charge on any atom is -0.394 e. The first-order chi connectivity index (χ1) is 8.49. The van der Waals surface area contributed by atoms with Gasteiger partial charge in [0, 0.05) is 6.20 Å². The monoisotopic (exact) mass is 254 g/mol. The molecule has 0 aromatic carbocycles. The highest BCUT2D eigenvalue weighted by molar-refractivity contribution is 5.25. The Bertz CT molecular complexity index is 552. The van der Waals surface area contributed by atoms with Gasteiger partial charge in [-0.3, -0.25) is 14.3 Å². The molecule has 0 spiro atoms. The molecule has 1 heterocycles. The second-order valence-corrected chi connectivity index (χ2v) is 3.67. The van der Waals surface area contributed by atoms with Gasteiger partial charge >= 0.3 is 5.69 Å². The van der Waals surface area contributed by atoms with Crippen molar-refractivity contribution in [3.05, 3.63) is 32.6 Å². The number of ether oxygens (including phenoxy) is 1. The van der Waals surface area contributed by atoms with Gasteiger partial charge in [0.15, 0.2) is 0 Å². The van der Waals surface area contributed by atoms with E-state index in [0.29, 0.717) is 0 Å². The highest BCUT2D eigenvalue weighted by Gasteiger charge is 2.14. The summed E-state index contributed by atoms with van der Waals surface area (Å²) in [4.78, 5) is 24.6. The summed E-state index contributed by atoms with van der Waals surface area (Å²) in [5.74, 6) is 2.13. The van der Waals surface area contributed by atoms with Crippen molar-refractivity contribution in [2.24, 2.45) is 0 Å². The van der Waals surface area contributed by atoms with Crippen LogP contribution in [0, 0.1) is 12.3 Å². The average molecular weight is 254 g/mol. The van der Waals surface area contributed by atoms with Crippen LogP contribution in [-0.4, -0.2) is 38.6 Å². The second kappa shape index (κ2) is 6.16. The van der Waals surface area contributed by atoms with Crippen LogP contribution in [0.1, 0.15) is 12.5 Å². The zero-order chi connectivity index (χ0) is 13.7. The molecule has 18 heavy (non-hydrogen) atoms. The molecule has 0 saturated carbocycles. The third-order valence-electron chi connectivity index (χ3n) is 2.31. The molecular formula is C11H14N2O5. The maximum Gasteiger partial charge on any atom is 0.330 e. The molecule has 0 fully saturated rings. The van der Waals surface area contributed by atoms with Crippen LogP contribution in [0.15, 0.2) is 15.8 Å². The van der Waals surface area contributed by atoms with Crippen molar-refractivity contribution < 1.29 is 14.9 Å². The highest BCUT2D eigenvalue weighted by Crippen LogP contribution is 1.99. The SMILES string of the molecule is C#Cc1cn(CO[C@H](CO)C(C)O)c(=O)[nH]c1=O. The largest absolute Gasteiger partial charge is 0.394 e. The van der Waals surface area contributed by atoms with Crippen LogP contribution in [0.3, 0.4) is 0 Å². The molecule has 0 amide bonds. The summed E-state index contributed by atoms with van der Waals surface area (Å²) in [6.45, 7) is 0.821. The van der Waals surface area contributed by atoms with Crippen LogP contribution in [0.25, 0.3) is 0 Å². The Hall–Kier alpha value is -1.88. The average Bonchev–Trinajstić information content (AvgIpc) is 2.31. The highest BCUT2D eigenvalue weighted by atomic mass is 16.5. The van der Waals surface area contributed by atoms with Gasteiger partial charge in [-0.05, 0) is 6.92 Å². The Morgan fingerprint density at radius 3 is 2.78 bits per heavy atom.